The fraction of sp³-hybridized carbons (Fsp3) is 0.188. The second-order valence-electron chi connectivity index (χ2n) is 4.77. The lowest BCUT2D eigenvalue weighted by Gasteiger charge is -2.16. The summed E-state index contributed by atoms with van der Waals surface area (Å²) in [6.07, 6.45) is 0. The third-order valence-electron chi connectivity index (χ3n) is 3.35. The number of nitrogens with two attached hydrogens (primary N) is 1. The molecule has 0 amide bonds. The fourth-order valence-corrected chi connectivity index (χ4v) is 2.96. The Morgan fingerprint density at radius 3 is 2.57 bits per heavy atom. The number of hydrogen-bond donors (Lipinski definition) is 1. The number of aryl methyl sites for hydroxylation is 1. The average molecular weight is 369 g/mol. The second-order valence-corrected chi connectivity index (χ2v) is 6.06. The van der Waals surface area contributed by atoms with Gasteiger partial charge in [0.25, 0.3) is 0 Å². The van der Waals surface area contributed by atoms with Crippen LogP contribution in [0.15, 0.2) is 28.7 Å². The van der Waals surface area contributed by atoms with E-state index < -0.39 is 0 Å². The highest BCUT2D eigenvalue weighted by Gasteiger charge is 2.22. The number of rotatable bonds is 3. The molecule has 0 spiro atoms. The standard InChI is InChI=1S/C16H15BrClNO2/c1-8-6-12(17)9(2)14(16(8)21-3)15(20)11-7-10(18)4-5-13(11)19/h4-7H,19H2,1-3H3. The molecule has 0 saturated heterocycles. The van der Waals surface area contributed by atoms with E-state index >= 15 is 0 Å². The minimum absolute atomic E-state index is 0.200. The monoisotopic (exact) mass is 367 g/mol. The SMILES string of the molecule is COc1c(C)cc(Br)c(C)c1C(=O)c1cc(Cl)ccc1N. The van der Waals surface area contributed by atoms with Crippen LogP contribution in [-0.2, 0) is 0 Å². The van der Waals surface area contributed by atoms with E-state index in [2.05, 4.69) is 15.9 Å². The molecule has 5 heteroatoms. The molecule has 2 aromatic rings. The summed E-state index contributed by atoms with van der Waals surface area (Å²) in [7, 11) is 1.55. The maximum Gasteiger partial charge on any atom is 0.199 e. The van der Waals surface area contributed by atoms with Gasteiger partial charge in [0.15, 0.2) is 5.78 Å². The van der Waals surface area contributed by atoms with Crippen molar-refractivity contribution in [3.05, 3.63) is 56.0 Å². The molecule has 110 valence electrons. The molecule has 0 aliphatic rings. The van der Waals surface area contributed by atoms with Crippen LogP contribution in [-0.4, -0.2) is 12.9 Å². The summed E-state index contributed by atoms with van der Waals surface area (Å²) in [5.41, 5.74) is 8.86. The number of carbonyl (C=O) groups is 1. The van der Waals surface area contributed by atoms with E-state index in [9.17, 15) is 4.79 Å². The summed E-state index contributed by atoms with van der Waals surface area (Å²) in [6, 6.07) is 6.78. The highest BCUT2D eigenvalue weighted by molar-refractivity contribution is 9.10. The molecule has 0 unspecified atom stereocenters. The highest BCUT2D eigenvalue weighted by atomic mass is 79.9. The maximum atomic E-state index is 12.9. The molecule has 0 saturated carbocycles. The number of anilines is 1. The zero-order valence-corrected chi connectivity index (χ0v) is 14.3. The molecule has 0 aliphatic heterocycles. The molecule has 0 fully saturated rings. The van der Waals surface area contributed by atoms with Crippen LogP contribution in [0.5, 0.6) is 5.75 Å². The molecule has 0 heterocycles. The van der Waals surface area contributed by atoms with Crippen LogP contribution in [0.1, 0.15) is 27.0 Å². The summed E-state index contributed by atoms with van der Waals surface area (Å²) in [5.74, 6) is 0.355. The van der Waals surface area contributed by atoms with Gasteiger partial charge in [-0.15, -0.1) is 0 Å². The predicted octanol–water partition coefficient (Wildman–Crippen LogP) is 4.54. The first-order valence-corrected chi connectivity index (χ1v) is 7.47. The molecule has 2 N–H and O–H groups in total. The highest BCUT2D eigenvalue weighted by Crippen LogP contribution is 2.35. The van der Waals surface area contributed by atoms with Crippen LogP contribution >= 0.6 is 27.5 Å². The van der Waals surface area contributed by atoms with Crippen LogP contribution in [0.2, 0.25) is 5.02 Å². The van der Waals surface area contributed by atoms with Gasteiger partial charge in [-0.3, -0.25) is 4.79 Å². The summed E-state index contributed by atoms with van der Waals surface area (Å²) in [5, 5.41) is 0.468. The van der Waals surface area contributed by atoms with Gasteiger partial charge in [-0.25, -0.2) is 0 Å². The van der Waals surface area contributed by atoms with E-state index in [4.69, 9.17) is 22.1 Å². The van der Waals surface area contributed by atoms with Crippen molar-refractivity contribution >= 4 is 39.0 Å². The van der Waals surface area contributed by atoms with Crippen molar-refractivity contribution in [2.24, 2.45) is 0 Å². The smallest absolute Gasteiger partial charge is 0.199 e. The number of hydrogen-bond acceptors (Lipinski definition) is 3. The molecule has 0 atom stereocenters. The van der Waals surface area contributed by atoms with E-state index in [1.807, 2.05) is 19.9 Å². The van der Waals surface area contributed by atoms with Gasteiger partial charge in [-0.2, -0.15) is 0 Å². The number of nitrogen functional groups attached to an aromatic ring is 1. The first kappa shape index (κ1) is 15.9. The topological polar surface area (TPSA) is 52.3 Å². The van der Waals surface area contributed by atoms with Crippen LogP contribution in [0.25, 0.3) is 0 Å². The van der Waals surface area contributed by atoms with Gasteiger partial charge in [0, 0.05) is 20.7 Å². The molecule has 21 heavy (non-hydrogen) atoms. The van der Waals surface area contributed by atoms with Gasteiger partial charge < -0.3 is 10.5 Å². The van der Waals surface area contributed by atoms with Gasteiger partial charge in [0.1, 0.15) is 5.75 Å². The Morgan fingerprint density at radius 2 is 1.95 bits per heavy atom. The summed E-state index contributed by atoms with van der Waals surface area (Å²) in [6.45, 7) is 3.75. The van der Waals surface area contributed by atoms with Crippen molar-refractivity contribution in [2.45, 2.75) is 13.8 Å². The normalized spacial score (nSPS) is 10.5. The Kier molecular flexibility index (Phi) is 4.59. The van der Waals surface area contributed by atoms with Crippen molar-refractivity contribution in [1.29, 1.82) is 0 Å². The number of benzene rings is 2. The largest absolute Gasteiger partial charge is 0.496 e. The Bertz CT molecular complexity index is 729. The number of ketones is 1. The van der Waals surface area contributed by atoms with Gasteiger partial charge in [0.05, 0.1) is 12.7 Å². The zero-order valence-electron chi connectivity index (χ0n) is 12.0. The van der Waals surface area contributed by atoms with Gasteiger partial charge in [-0.1, -0.05) is 27.5 Å². The van der Waals surface area contributed by atoms with Crippen LogP contribution in [0.3, 0.4) is 0 Å². The maximum absolute atomic E-state index is 12.9. The van der Waals surface area contributed by atoms with Gasteiger partial charge in [-0.05, 0) is 49.2 Å². The van der Waals surface area contributed by atoms with Crippen LogP contribution < -0.4 is 10.5 Å². The van der Waals surface area contributed by atoms with Crippen molar-refractivity contribution in [1.82, 2.24) is 0 Å². The van der Waals surface area contributed by atoms with Crippen molar-refractivity contribution in [3.63, 3.8) is 0 Å². The average Bonchev–Trinajstić information content (AvgIpc) is 2.44. The molecule has 2 rings (SSSR count). The number of carbonyl (C=O) groups excluding carboxylic acids is 1. The Balaban J connectivity index is 2.71. The molecule has 0 aromatic heterocycles. The third kappa shape index (κ3) is 2.92. The molecule has 0 aliphatic carbocycles. The Labute approximate surface area is 137 Å². The molecular formula is C16H15BrClNO2. The van der Waals surface area contributed by atoms with Crippen molar-refractivity contribution in [3.8, 4) is 5.75 Å². The predicted molar refractivity (Wildman–Crippen MR) is 89.5 cm³/mol. The van der Waals surface area contributed by atoms with Crippen LogP contribution in [0.4, 0.5) is 5.69 Å². The molecule has 2 aromatic carbocycles. The quantitative estimate of drug-likeness (QED) is 0.639. The third-order valence-corrected chi connectivity index (χ3v) is 4.41. The van der Waals surface area contributed by atoms with E-state index in [0.717, 1.165) is 15.6 Å². The van der Waals surface area contributed by atoms with E-state index in [1.54, 1.807) is 25.3 Å². The summed E-state index contributed by atoms with van der Waals surface area (Å²) >= 11 is 9.45. The lowest BCUT2D eigenvalue weighted by Crippen LogP contribution is -2.10. The molecule has 0 radical (unpaired) electrons. The van der Waals surface area contributed by atoms with E-state index in [-0.39, 0.29) is 5.78 Å². The summed E-state index contributed by atoms with van der Waals surface area (Å²) < 4.78 is 6.26. The van der Waals surface area contributed by atoms with Gasteiger partial charge in [0.2, 0.25) is 0 Å². The lowest BCUT2D eigenvalue weighted by molar-refractivity contribution is 0.103. The zero-order chi connectivity index (χ0) is 15.7. The molecule has 3 nitrogen and oxygen atoms in total. The molecular weight excluding hydrogens is 354 g/mol. The summed E-state index contributed by atoms with van der Waals surface area (Å²) in [4.78, 5) is 12.9. The van der Waals surface area contributed by atoms with Crippen LogP contribution in [0, 0.1) is 13.8 Å². The fourth-order valence-electron chi connectivity index (χ4n) is 2.25. The lowest BCUT2D eigenvalue weighted by atomic mass is 9.95. The minimum Gasteiger partial charge on any atom is -0.496 e. The van der Waals surface area contributed by atoms with Crippen molar-refractivity contribution in [2.75, 3.05) is 12.8 Å². The molecule has 0 bridgehead atoms. The van der Waals surface area contributed by atoms with E-state index in [0.29, 0.717) is 27.6 Å². The number of halogens is 2. The second kappa shape index (κ2) is 6.08. The van der Waals surface area contributed by atoms with E-state index in [1.165, 1.54) is 0 Å². The number of ether oxygens (including phenoxy) is 1. The Hall–Kier alpha value is -1.52. The van der Waals surface area contributed by atoms with Crippen molar-refractivity contribution < 1.29 is 9.53 Å². The number of methoxy groups -OCH3 is 1. The Morgan fingerprint density at radius 1 is 1.29 bits per heavy atom. The minimum atomic E-state index is -0.200. The van der Waals surface area contributed by atoms with Gasteiger partial charge >= 0.3 is 0 Å². The first-order valence-electron chi connectivity index (χ1n) is 6.30. The first-order chi connectivity index (χ1) is 9.86.